The van der Waals surface area contributed by atoms with Crippen LogP contribution < -0.4 is 0 Å². The second kappa shape index (κ2) is 9.89. The minimum Gasteiger partial charge on any atom is -0.384 e. The summed E-state index contributed by atoms with van der Waals surface area (Å²) in [5.74, 6) is 0.687. The molecule has 0 amide bonds. The first-order valence-corrected chi connectivity index (χ1v) is 9.40. The number of rotatable bonds is 8. The highest BCUT2D eigenvalue weighted by atomic mass is 16.5. The maximum absolute atomic E-state index is 6.43. The third-order valence-electron chi connectivity index (χ3n) is 5.74. The predicted molar refractivity (Wildman–Crippen MR) is 90.2 cm³/mol. The van der Waals surface area contributed by atoms with Gasteiger partial charge in [-0.1, -0.05) is 44.9 Å². The van der Waals surface area contributed by atoms with Crippen LogP contribution in [0.1, 0.15) is 70.6 Å². The Hall–Kier alpha value is -0.120. The van der Waals surface area contributed by atoms with E-state index in [2.05, 4.69) is 0 Å². The highest BCUT2D eigenvalue weighted by Gasteiger charge is 2.40. The van der Waals surface area contributed by atoms with Crippen LogP contribution in [-0.4, -0.2) is 40.1 Å². The fourth-order valence-corrected chi connectivity index (χ4v) is 4.46. The summed E-state index contributed by atoms with van der Waals surface area (Å²) in [5.41, 5.74) is 0.0518. The minimum absolute atomic E-state index is 0.0518. The van der Waals surface area contributed by atoms with Crippen LogP contribution in [0.3, 0.4) is 0 Å². The van der Waals surface area contributed by atoms with Crippen molar-refractivity contribution < 1.29 is 14.2 Å². The molecule has 0 aromatic rings. The average Bonchev–Trinajstić information content (AvgIpc) is 2.83. The van der Waals surface area contributed by atoms with Crippen molar-refractivity contribution in [2.45, 2.75) is 76.7 Å². The molecule has 0 aromatic heterocycles. The van der Waals surface area contributed by atoms with Crippen LogP contribution in [-0.2, 0) is 14.2 Å². The normalized spacial score (nSPS) is 22.6. The zero-order valence-electron chi connectivity index (χ0n) is 14.8. The first-order chi connectivity index (χ1) is 10.8. The van der Waals surface area contributed by atoms with Gasteiger partial charge in [-0.25, -0.2) is 0 Å². The molecule has 0 atom stereocenters. The van der Waals surface area contributed by atoms with Crippen LogP contribution >= 0.6 is 0 Å². The van der Waals surface area contributed by atoms with Crippen LogP contribution in [0.25, 0.3) is 0 Å². The molecular weight excluding hydrogens is 276 g/mol. The van der Waals surface area contributed by atoms with Gasteiger partial charge in [-0.2, -0.15) is 0 Å². The van der Waals surface area contributed by atoms with Crippen LogP contribution in [0.2, 0.25) is 0 Å². The zero-order chi connectivity index (χ0) is 15.7. The van der Waals surface area contributed by atoms with Crippen molar-refractivity contribution in [3.05, 3.63) is 0 Å². The van der Waals surface area contributed by atoms with Gasteiger partial charge < -0.3 is 14.2 Å². The number of hydrogen-bond donors (Lipinski definition) is 0. The van der Waals surface area contributed by atoms with Gasteiger partial charge in [-0.15, -0.1) is 0 Å². The van der Waals surface area contributed by atoms with Gasteiger partial charge in [0.05, 0.1) is 25.9 Å². The summed E-state index contributed by atoms with van der Waals surface area (Å²) in [5, 5.41) is 0. The number of methoxy groups -OCH3 is 2. The van der Waals surface area contributed by atoms with Crippen LogP contribution in [0.5, 0.6) is 0 Å². The Kier molecular flexibility index (Phi) is 8.19. The Morgan fingerprint density at radius 1 is 0.682 bits per heavy atom. The second-order valence-corrected chi connectivity index (χ2v) is 7.49. The van der Waals surface area contributed by atoms with E-state index < -0.39 is 0 Å². The van der Waals surface area contributed by atoms with Crippen molar-refractivity contribution in [1.29, 1.82) is 0 Å². The molecular formula is C19H36O3. The molecule has 0 aromatic carbocycles. The van der Waals surface area contributed by atoms with Gasteiger partial charge in [0.1, 0.15) is 0 Å². The van der Waals surface area contributed by atoms with Gasteiger partial charge in [-0.3, -0.25) is 0 Å². The molecule has 130 valence electrons. The monoisotopic (exact) mass is 312 g/mol. The van der Waals surface area contributed by atoms with E-state index in [1.165, 1.54) is 70.6 Å². The van der Waals surface area contributed by atoms with Gasteiger partial charge in [0.15, 0.2) is 0 Å². The minimum atomic E-state index is 0.0518. The van der Waals surface area contributed by atoms with E-state index in [4.69, 9.17) is 14.2 Å². The molecule has 2 saturated carbocycles. The Morgan fingerprint density at radius 3 is 1.73 bits per heavy atom. The van der Waals surface area contributed by atoms with E-state index in [-0.39, 0.29) is 5.41 Å². The Bertz CT molecular complexity index is 272. The van der Waals surface area contributed by atoms with Gasteiger partial charge in [0, 0.05) is 19.6 Å². The highest BCUT2D eigenvalue weighted by molar-refractivity contribution is 4.89. The number of hydrogen-bond acceptors (Lipinski definition) is 3. The molecule has 0 saturated heterocycles. The van der Waals surface area contributed by atoms with Crippen LogP contribution in [0.15, 0.2) is 0 Å². The van der Waals surface area contributed by atoms with E-state index in [1.807, 2.05) is 14.2 Å². The van der Waals surface area contributed by atoms with E-state index >= 15 is 0 Å². The summed E-state index contributed by atoms with van der Waals surface area (Å²) in [4.78, 5) is 0. The molecule has 2 fully saturated rings. The van der Waals surface area contributed by atoms with E-state index in [9.17, 15) is 0 Å². The highest BCUT2D eigenvalue weighted by Crippen LogP contribution is 2.40. The topological polar surface area (TPSA) is 27.7 Å². The van der Waals surface area contributed by atoms with Crippen molar-refractivity contribution in [3.8, 4) is 0 Å². The van der Waals surface area contributed by atoms with Gasteiger partial charge in [0.25, 0.3) is 0 Å². The molecule has 0 bridgehead atoms. The smallest absolute Gasteiger partial charge is 0.0575 e. The largest absolute Gasteiger partial charge is 0.384 e. The molecule has 0 radical (unpaired) electrons. The summed E-state index contributed by atoms with van der Waals surface area (Å²) in [7, 11) is 3.64. The van der Waals surface area contributed by atoms with Gasteiger partial charge in [-0.05, 0) is 31.6 Å². The molecule has 2 aliphatic carbocycles. The quantitative estimate of drug-likeness (QED) is 0.614. The van der Waals surface area contributed by atoms with Crippen LogP contribution in [0.4, 0.5) is 0 Å². The third-order valence-corrected chi connectivity index (χ3v) is 5.74. The summed E-state index contributed by atoms with van der Waals surface area (Å²) < 4.78 is 17.7. The molecule has 0 aliphatic heterocycles. The standard InChI is InChI=1S/C19H36O3/c1-20-14-19(15-21-2,17-10-6-5-7-11-17)16-22-18-12-8-3-4-9-13-18/h17-18H,3-16H2,1-2H3. The molecule has 22 heavy (non-hydrogen) atoms. The molecule has 0 heterocycles. The summed E-state index contributed by atoms with van der Waals surface area (Å²) >= 11 is 0. The molecule has 0 unspecified atom stereocenters. The van der Waals surface area contributed by atoms with Crippen LogP contribution in [0, 0.1) is 11.3 Å². The van der Waals surface area contributed by atoms with E-state index in [0.717, 1.165) is 19.8 Å². The summed E-state index contributed by atoms with van der Waals surface area (Å²) in [6.45, 7) is 2.33. The molecule has 3 heteroatoms. The van der Waals surface area contributed by atoms with Crippen molar-refractivity contribution >= 4 is 0 Å². The third kappa shape index (κ3) is 5.21. The zero-order valence-corrected chi connectivity index (χ0v) is 14.8. The Labute approximate surface area is 137 Å². The molecule has 2 rings (SSSR count). The molecule has 0 spiro atoms. The lowest BCUT2D eigenvalue weighted by atomic mass is 9.70. The fourth-order valence-electron chi connectivity index (χ4n) is 4.46. The maximum Gasteiger partial charge on any atom is 0.0575 e. The Morgan fingerprint density at radius 2 is 1.18 bits per heavy atom. The van der Waals surface area contributed by atoms with E-state index in [0.29, 0.717) is 12.0 Å². The lowest BCUT2D eigenvalue weighted by Crippen LogP contribution is -2.45. The van der Waals surface area contributed by atoms with Crippen molar-refractivity contribution in [3.63, 3.8) is 0 Å². The van der Waals surface area contributed by atoms with E-state index in [1.54, 1.807) is 0 Å². The van der Waals surface area contributed by atoms with Crippen molar-refractivity contribution in [1.82, 2.24) is 0 Å². The maximum atomic E-state index is 6.43. The summed E-state index contributed by atoms with van der Waals surface area (Å²) in [6, 6.07) is 0. The van der Waals surface area contributed by atoms with Gasteiger partial charge >= 0.3 is 0 Å². The summed E-state index contributed by atoms with van der Waals surface area (Å²) in [6.07, 6.45) is 15.0. The fraction of sp³-hybridized carbons (Fsp3) is 1.00. The lowest BCUT2D eigenvalue weighted by molar-refractivity contribution is -0.110. The van der Waals surface area contributed by atoms with Gasteiger partial charge in [0.2, 0.25) is 0 Å². The molecule has 0 N–H and O–H groups in total. The SMILES string of the molecule is COCC(COC)(COC1CCCCCC1)C1CCCCC1. The second-order valence-electron chi connectivity index (χ2n) is 7.49. The molecule has 2 aliphatic rings. The van der Waals surface area contributed by atoms with Crippen molar-refractivity contribution in [2.24, 2.45) is 11.3 Å². The average molecular weight is 312 g/mol. The predicted octanol–water partition coefficient (Wildman–Crippen LogP) is 4.59. The first kappa shape index (κ1) is 18.2. The first-order valence-electron chi connectivity index (χ1n) is 9.40. The Balaban J connectivity index is 1.97. The van der Waals surface area contributed by atoms with Crippen molar-refractivity contribution in [2.75, 3.05) is 34.0 Å². The lowest BCUT2D eigenvalue weighted by Gasteiger charge is -2.42. The molecule has 3 nitrogen and oxygen atoms in total. The number of ether oxygens (including phenoxy) is 3.